The predicted molar refractivity (Wildman–Crippen MR) is 65.8 cm³/mol. The lowest BCUT2D eigenvalue weighted by molar-refractivity contribution is 0.802. The van der Waals surface area contributed by atoms with Gasteiger partial charge in [-0.25, -0.2) is 0 Å². The number of anilines is 1. The lowest BCUT2D eigenvalue weighted by atomic mass is 10.1. The Hall–Kier alpha value is -0.540. The average Bonchev–Trinajstić information content (AvgIpc) is 2.10. The van der Waals surface area contributed by atoms with E-state index in [0.29, 0.717) is 12.6 Å². The molecule has 0 spiro atoms. The Morgan fingerprint density at radius 2 is 2.07 bits per heavy atom. The van der Waals surface area contributed by atoms with Gasteiger partial charge in [0.25, 0.3) is 0 Å². The average molecular weight is 257 g/mol. The van der Waals surface area contributed by atoms with Crippen LogP contribution in [0.3, 0.4) is 0 Å². The number of hydrogen-bond donors (Lipinski definition) is 2. The molecule has 3 heteroatoms. The van der Waals surface area contributed by atoms with Crippen molar-refractivity contribution in [2.24, 2.45) is 5.73 Å². The zero-order valence-electron chi connectivity index (χ0n) is 8.89. The third-order valence-corrected chi connectivity index (χ3v) is 2.80. The van der Waals surface area contributed by atoms with Crippen LogP contribution in [-0.4, -0.2) is 12.6 Å². The van der Waals surface area contributed by atoms with Crippen molar-refractivity contribution < 1.29 is 0 Å². The smallest absolute Gasteiger partial charge is 0.0517 e. The molecule has 0 saturated carbocycles. The molecule has 0 aromatic heterocycles. The summed E-state index contributed by atoms with van der Waals surface area (Å²) in [6, 6.07) is 4.57. The predicted octanol–water partition coefficient (Wildman–Crippen LogP) is 2.83. The molecule has 0 aliphatic heterocycles. The van der Waals surface area contributed by atoms with Crippen LogP contribution in [0.4, 0.5) is 5.69 Å². The summed E-state index contributed by atoms with van der Waals surface area (Å²) in [5.41, 5.74) is 9.23. The maximum atomic E-state index is 5.57. The van der Waals surface area contributed by atoms with Crippen LogP contribution in [0.1, 0.15) is 18.1 Å². The molecule has 0 amide bonds. The van der Waals surface area contributed by atoms with E-state index in [-0.39, 0.29) is 0 Å². The van der Waals surface area contributed by atoms with Gasteiger partial charge in [-0.05, 0) is 53.9 Å². The van der Waals surface area contributed by atoms with Gasteiger partial charge in [0.2, 0.25) is 0 Å². The fourth-order valence-electron chi connectivity index (χ4n) is 1.40. The molecule has 0 aliphatic carbocycles. The highest BCUT2D eigenvalue weighted by molar-refractivity contribution is 9.10. The van der Waals surface area contributed by atoms with Crippen LogP contribution >= 0.6 is 15.9 Å². The fourth-order valence-corrected chi connectivity index (χ4v) is 2.19. The molecule has 1 rings (SSSR count). The molecule has 78 valence electrons. The van der Waals surface area contributed by atoms with Gasteiger partial charge in [0.05, 0.1) is 5.69 Å². The Morgan fingerprint density at radius 3 is 2.57 bits per heavy atom. The highest BCUT2D eigenvalue weighted by Crippen LogP contribution is 2.28. The number of halogens is 1. The molecule has 2 nitrogen and oxygen atoms in total. The van der Waals surface area contributed by atoms with E-state index >= 15 is 0 Å². The van der Waals surface area contributed by atoms with Gasteiger partial charge in [0.15, 0.2) is 0 Å². The van der Waals surface area contributed by atoms with Crippen LogP contribution < -0.4 is 11.1 Å². The number of benzene rings is 1. The molecule has 0 saturated heterocycles. The number of nitrogens with two attached hydrogens (primary N) is 1. The Morgan fingerprint density at radius 1 is 1.43 bits per heavy atom. The Bertz CT molecular complexity index is 300. The first-order valence-corrected chi connectivity index (χ1v) is 5.57. The molecular weight excluding hydrogens is 240 g/mol. The van der Waals surface area contributed by atoms with Crippen molar-refractivity contribution in [3.8, 4) is 0 Å². The highest BCUT2D eigenvalue weighted by atomic mass is 79.9. The van der Waals surface area contributed by atoms with Crippen LogP contribution in [-0.2, 0) is 0 Å². The molecule has 1 aromatic rings. The fraction of sp³-hybridized carbons (Fsp3) is 0.455. The number of nitrogens with one attached hydrogen (secondary N) is 1. The third kappa shape index (κ3) is 2.72. The van der Waals surface area contributed by atoms with Crippen LogP contribution in [0.25, 0.3) is 0 Å². The van der Waals surface area contributed by atoms with Crippen LogP contribution in [0.15, 0.2) is 16.6 Å². The van der Waals surface area contributed by atoms with E-state index in [4.69, 9.17) is 5.73 Å². The summed E-state index contributed by atoms with van der Waals surface area (Å²) >= 11 is 3.55. The Balaban J connectivity index is 2.96. The number of hydrogen-bond acceptors (Lipinski definition) is 2. The number of aryl methyl sites for hydroxylation is 2. The van der Waals surface area contributed by atoms with E-state index < -0.39 is 0 Å². The van der Waals surface area contributed by atoms with Crippen LogP contribution in [0.5, 0.6) is 0 Å². The quantitative estimate of drug-likeness (QED) is 0.873. The monoisotopic (exact) mass is 256 g/mol. The molecule has 0 fully saturated rings. The van der Waals surface area contributed by atoms with E-state index in [1.54, 1.807) is 0 Å². The zero-order chi connectivity index (χ0) is 10.7. The summed E-state index contributed by atoms with van der Waals surface area (Å²) in [5.74, 6) is 0. The Kier molecular flexibility index (Phi) is 3.96. The summed E-state index contributed by atoms with van der Waals surface area (Å²) < 4.78 is 1.11. The van der Waals surface area contributed by atoms with Crippen LogP contribution in [0, 0.1) is 13.8 Å². The van der Waals surface area contributed by atoms with Gasteiger partial charge in [0.1, 0.15) is 0 Å². The van der Waals surface area contributed by atoms with Gasteiger partial charge in [-0.1, -0.05) is 6.07 Å². The molecule has 3 N–H and O–H groups in total. The van der Waals surface area contributed by atoms with Crippen molar-refractivity contribution in [1.82, 2.24) is 0 Å². The second-order valence-electron chi connectivity index (χ2n) is 3.72. The molecule has 0 aliphatic rings. The maximum Gasteiger partial charge on any atom is 0.0517 e. The topological polar surface area (TPSA) is 38.0 Å². The van der Waals surface area contributed by atoms with Gasteiger partial charge in [-0.15, -0.1) is 0 Å². The summed E-state index contributed by atoms with van der Waals surface area (Å²) in [5, 5.41) is 3.38. The molecule has 1 aromatic carbocycles. The van der Waals surface area contributed by atoms with Gasteiger partial charge in [-0.2, -0.15) is 0 Å². The first-order chi connectivity index (χ1) is 6.54. The normalized spacial score (nSPS) is 12.6. The van der Waals surface area contributed by atoms with Crippen molar-refractivity contribution in [2.45, 2.75) is 26.8 Å². The maximum absolute atomic E-state index is 5.57. The lowest BCUT2D eigenvalue weighted by Gasteiger charge is -2.17. The second-order valence-corrected chi connectivity index (χ2v) is 4.57. The molecule has 14 heavy (non-hydrogen) atoms. The van der Waals surface area contributed by atoms with Gasteiger partial charge in [0, 0.05) is 17.1 Å². The van der Waals surface area contributed by atoms with Crippen molar-refractivity contribution >= 4 is 21.6 Å². The van der Waals surface area contributed by atoms with Gasteiger partial charge >= 0.3 is 0 Å². The Labute approximate surface area is 94.0 Å². The van der Waals surface area contributed by atoms with Gasteiger partial charge in [-0.3, -0.25) is 0 Å². The van der Waals surface area contributed by atoms with Crippen LogP contribution in [0.2, 0.25) is 0 Å². The molecule has 1 atom stereocenters. The summed E-state index contributed by atoms with van der Waals surface area (Å²) in [4.78, 5) is 0. The largest absolute Gasteiger partial charge is 0.380 e. The number of rotatable bonds is 3. The standard InChI is InChI=1S/C11H17BrN2/c1-7-4-8(2)11(10(12)5-7)14-9(3)6-13/h4-5,9,14H,6,13H2,1-3H3. The molecular formula is C11H17BrN2. The summed E-state index contributed by atoms with van der Waals surface area (Å²) in [6.07, 6.45) is 0. The first-order valence-electron chi connectivity index (χ1n) is 4.78. The minimum atomic E-state index is 0.299. The van der Waals surface area contributed by atoms with E-state index in [1.807, 2.05) is 0 Å². The SMILES string of the molecule is Cc1cc(C)c(NC(C)CN)c(Br)c1. The van der Waals surface area contributed by atoms with Crippen molar-refractivity contribution in [2.75, 3.05) is 11.9 Å². The summed E-state index contributed by atoms with van der Waals surface area (Å²) in [7, 11) is 0. The highest BCUT2D eigenvalue weighted by Gasteiger charge is 2.06. The third-order valence-electron chi connectivity index (χ3n) is 2.18. The molecule has 1 unspecified atom stereocenters. The second kappa shape index (κ2) is 4.80. The minimum Gasteiger partial charge on any atom is -0.380 e. The van der Waals surface area contributed by atoms with E-state index in [2.05, 4.69) is 54.2 Å². The van der Waals surface area contributed by atoms with E-state index in [9.17, 15) is 0 Å². The molecule has 0 bridgehead atoms. The van der Waals surface area contributed by atoms with Gasteiger partial charge < -0.3 is 11.1 Å². The van der Waals surface area contributed by atoms with E-state index in [1.165, 1.54) is 11.1 Å². The first kappa shape index (κ1) is 11.5. The molecule has 0 heterocycles. The van der Waals surface area contributed by atoms with Crippen molar-refractivity contribution in [3.63, 3.8) is 0 Å². The lowest BCUT2D eigenvalue weighted by Crippen LogP contribution is -2.25. The zero-order valence-corrected chi connectivity index (χ0v) is 10.5. The van der Waals surface area contributed by atoms with E-state index in [0.717, 1.165) is 10.2 Å². The minimum absolute atomic E-state index is 0.299. The summed E-state index contributed by atoms with van der Waals surface area (Å²) in [6.45, 7) is 6.91. The van der Waals surface area contributed by atoms with Crippen molar-refractivity contribution in [3.05, 3.63) is 27.7 Å². The van der Waals surface area contributed by atoms with Crippen molar-refractivity contribution in [1.29, 1.82) is 0 Å². The molecule has 0 radical (unpaired) electrons.